The van der Waals surface area contributed by atoms with Gasteiger partial charge in [-0.2, -0.15) is 0 Å². The molecule has 0 aromatic rings. The number of hydrogen-bond acceptors (Lipinski definition) is 2. The topological polar surface area (TPSA) is 18.5 Å². The van der Waals surface area contributed by atoms with Crippen LogP contribution in [0.25, 0.3) is 0 Å². The minimum absolute atomic E-state index is 0.838. The molecule has 2 nitrogen and oxygen atoms in total. The van der Waals surface area contributed by atoms with Gasteiger partial charge in [0.1, 0.15) is 0 Å². The molecule has 0 bridgehead atoms. The Morgan fingerprint density at radius 3 is 0.864 bits per heavy atom. The van der Waals surface area contributed by atoms with E-state index < -0.39 is 0 Å². The molecule has 0 aliphatic carbocycles. The number of unbranched alkanes of at least 4 members (excludes halogenated alkanes) is 13. The Balaban J connectivity index is 2.94. The Morgan fingerprint density at radius 2 is 0.636 bits per heavy atom. The lowest BCUT2D eigenvalue weighted by Gasteiger charge is -2.04. The minimum atomic E-state index is 0.838. The normalized spacial score (nSPS) is 10.4. The second-order valence-corrected chi connectivity index (χ2v) is 6.02. The lowest BCUT2D eigenvalue weighted by molar-refractivity contribution is 0.241. The van der Waals surface area contributed by atoms with E-state index in [1.165, 1.54) is 102 Å². The molecule has 0 heterocycles. The predicted molar refractivity (Wildman–Crippen MR) is 96.9 cm³/mol. The van der Waals surface area contributed by atoms with Crippen LogP contribution in [0, 0.1) is 0 Å². The van der Waals surface area contributed by atoms with Gasteiger partial charge in [-0.25, -0.2) is 0 Å². The fourth-order valence-electron chi connectivity index (χ4n) is 2.66. The molecule has 0 aromatic heterocycles. The summed E-state index contributed by atoms with van der Waals surface area (Å²) in [7, 11) is 0. The van der Waals surface area contributed by atoms with Crippen molar-refractivity contribution in [1.29, 1.82) is 0 Å². The summed E-state index contributed by atoms with van der Waals surface area (Å²) >= 11 is 0. The highest BCUT2D eigenvalue weighted by atomic mass is 16.5. The molecule has 0 spiro atoms. The second-order valence-electron chi connectivity index (χ2n) is 6.02. The van der Waals surface area contributed by atoms with Gasteiger partial charge in [-0.1, -0.05) is 90.2 Å². The molecule has 0 rings (SSSR count). The van der Waals surface area contributed by atoms with E-state index in [0.29, 0.717) is 0 Å². The molecule has 0 unspecified atom stereocenters. The first-order chi connectivity index (χ1) is 10.9. The third kappa shape index (κ3) is 19.1. The van der Waals surface area contributed by atoms with Gasteiger partial charge in [0.2, 0.25) is 0 Å². The van der Waals surface area contributed by atoms with Crippen molar-refractivity contribution >= 4 is 0 Å². The minimum Gasteiger partial charge on any atom is -0.502 e. The molecular formula is C20H38O2. The van der Waals surface area contributed by atoms with Gasteiger partial charge in [0, 0.05) is 0 Å². The van der Waals surface area contributed by atoms with Crippen LogP contribution in [0.2, 0.25) is 0 Å². The summed E-state index contributed by atoms with van der Waals surface area (Å²) in [6.45, 7) is 8.76. The third-order valence-corrected chi connectivity index (χ3v) is 4.01. The summed E-state index contributed by atoms with van der Waals surface area (Å²) in [5, 5.41) is 0. The highest BCUT2D eigenvalue weighted by Gasteiger charge is 1.94. The summed E-state index contributed by atoms with van der Waals surface area (Å²) in [5.41, 5.74) is 0. The van der Waals surface area contributed by atoms with E-state index in [1.54, 1.807) is 0 Å². The fourth-order valence-corrected chi connectivity index (χ4v) is 2.66. The van der Waals surface area contributed by atoms with Crippen molar-refractivity contribution in [2.45, 2.75) is 89.9 Å². The maximum absolute atomic E-state index is 5.11. The van der Waals surface area contributed by atoms with Gasteiger partial charge in [0.05, 0.1) is 25.7 Å². The maximum Gasteiger partial charge on any atom is 0.0873 e. The van der Waals surface area contributed by atoms with E-state index >= 15 is 0 Å². The molecule has 0 saturated carbocycles. The van der Waals surface area contributed by atoms with Gasteiger partial charge in [-0.3, -0.25) is 0 Å². The van der Waals surface area contributed by atoms with Gasteiger partial charge in [0.15, 0.2) is 0 Å². The van der Waals surface area contributed by atoms with Crippen LogP contribution in [-0.4, -0.2) is 13.2 Å². The highest BCUT2D eigenvalue weighted by molar-refractivity contribution is 4.52. The van der Waals surface area contributed by atoms with Crippen molar-refractivity contribution in [3.8, 4) is 0 Å². The van der Waals surface area contributed by atoms with E-state index in [1.807, 2.05) is 0 Å². The standard InChI is InChI=1S/C20H38O2/c1-3-21-19-17-15-13-11-9-7-5-6-8-10-12-14-16-18-20-22-4-2/h3-4H,1-2,5-20H2. The van der Waals surface area contributed by atoms with E-state index in [9.17, 15) is 0 Å². The molecule has 0 aliphatic heterocycles. The molecule has 0 N–H and O–H groups in total. The molecule has 22 heavy (non-hydrogen) atoms. The summed E-state index contributed by atoms with van der Waals surface area (Å²) in [6, 6.07) is 0. The predicted octanol–water partition coefficient (Wildman–Crippen LogP) is 6.77. The Kier molecular flexibility index (Phi) is 19.2. The lowest BCUT2D eigenvalue weighted by atomic mass is 10.0. The monoisotopic (exact) mass is 310 g/mol. The van der Waals surface area contributed by atoms with Gasteiger partial charge in [-0.05, 0) is 12.8 Å². The number of hydrogen-bond donors (Lipinski definition) is 0. The molecule has 0 aromatic carbocycles. The van der Waals surface area contributed by atoms with Crippen molar-refractivity contribution in [2.24, 2.45) is 0 Å². The molecule has 0 aliphatic rings. The summed E-state index contributed by atoms with van der Waals surface area (Å²) in [4.78, 5) is 0. The SMILES string of the molecule is C=COCCCCCCCCCCCCCCCCOC=C. The Hall–Kier alpha value is -0.920. The van der Waals surface area contributed by atoms with Crippen LogP contribution >= 0.6 is 0 Å². The van der Waals surface area contributed by atoms with E-state index in [4.69, 9.17) is 9.47 Å². The quantitative estimate of drug-likeness (QED) is 0.194. The van der Waals surface area contributed by atoms with E-state index in [-0.39, 0.29) is 0 Å². The van der Waals surface area contributed by atoms with Crippen LogP contribution in [-0.2, 0) is 9.47 Å². The molecule has 0 saturated heterocycles. The van der Waals surface area contributed by atoms with Crippen LogP contribution in [0.15, 0.2) is 25.7 Å². The average Bonchev–Trinajstić information content (AvgIpc) is 2.54. The summed E-state index contributed by atoms with van der Waals surface area (Å²) in [6.07, 6.45) is 22.0. The fraction of sp³-hybridized carbons (Fsp3) is 0.800. The van der Waals surface area contributed by atoms with Crippen molar-refractivity contribution in [3.63, 3.8) is 0 Å². The van der Waals surface area contributed by atoms with Gasteiger partial charge in [0.25, 0.3) is 0 Å². The van der Waals surface area contributed by atoms with Crippen molar-refractivity contribution in [1.82, 2.24) is 0 Å². The van der Waals surface area contributed by atoms with Crippen LogP contribution in [0.4, 0.5) is 0 Å². The van der Waals surface area contributed by atoms with Crippen LogP contribution in [0.5, 0.6) is 0 Å². The van der Waals surface area contributed by atoms with Crippen LogP contribution in [0.3, 0.4) is 0 Å². The molecule has 0 atom stereocenters. The van der Waals surface area contributed by atoms with Gasteiger partial charge < -0.3 is 9.47 Å². The first kappa shape index (κ1) is 21.1. The molecule has 130 valence electrons. The highest BCUT2D eigenvalue weighted by Crippen LogP contribution is 2.13. The van der Waals surface area contributed by atoms with E-state index in [0.717, 1.165) is 13.2 Å². The van der Waals surface area contributed by atoms with Crippen LogP contribution in [0.1, 0.15) is 89.9 Å². The number of rotatable bonds is 19. The molecule has 0 fully saturated rings. The third-order valence-electron chi connectivity index (χ3n) is 4.01. The molecule has 0 amide bonds. The largest absolute Gasteiger partial charge is 0.502 e. The first-order valence-electron chi connectivity index (χ1n) is 9.37. The maximum atomic E-state index is 5.11. The van der Waals surface area contributed by atoms with Crippen molar-refractivity contribution < 1.29 is 9.47 Å². The van der Waals surface area contributed by atoms with Gasteiger partial charge >= 0.3 is 0 Å². The number of ether oxygens (including phenoxy) is 2. The zero-order chi connectivity index (χ0) is 16.1. The van der Waals surface area contributed by atoms with E-state index in [2.05, 4.69) is 13.2 Å². The Bertz CT molecular complexity index is 202. The summed E-state index contributed by atoms with van der Waals surface area (Å²) < 4.78 is 10.2. The van der Waals surface area contributed by atoms with Gasteiger partial charge in [-0.15, -0.1) is 0 Å². The average molecular weight is 311 g/mol. The second kappa shape index (κ2) is 20.1. The van der Waals surface area contributed by atoms with Crippen molar-refractivity contribution in [3.05, 3.63) is 25.7 Å². The molecular weight excluding hydrogens is 272 g/mol. The van der Waals surface area contributed by atoms with Crippen molar-refractivity contribution in [2.75, 3.05) is 13.2 Å². The molecule has 2 heteroatoms. The zero-order valence-corrected chi connectivity index (χ0v) is 14.7. The van der Waals surface area contributed by atoms with Crippen LogP contribution < -0.4 is 0 Å². The smallest absolute Gasteiger partial charge is 0.0873 e. The Morgan fingerprint density at radius 1 is 0.409 bits per heavy atom. The summed E-state index contributed by atoms with van der Waals surface area (Å²) in [5.74, 6) is 0. The Labute approximate surface area is 139 Å². The zero-order valence-electron chi connectivity index (χ0n) is 14.7. The molecule has 0 radical (unpaired) electrons. The lowest BCUT2D eigenvalue weighted by Crippen LogP contribution is -1.88. The first-order valence-corrected chi connectivity index (χ1v) is 9.37.